The predicted octanol–water partition coefficient (Wildman–Crippen LogP) is 4.09. The van der Waals surface area contributed by atoms with Crippen LogP contribution in [-0.2, 0) is 4.74 Å². The highest BCUT2D eigenvalue weighted by atomic mass is 19.4. The summed E-state index contributed by atoms with van der Waals surface area (Å²) in [6.45, 7) is 5.04. The van der Waals surface area contributed by atoms with Gasteiger partial charge >= 0.3 is 12.1 Å². The number of ether oxygens (including phenoxy) is 1. The molecule has 0 aliphatic carbocycles. The van der Waals surface area contributed by atoms with E-state index >= 15 is 0 Å². The molecule has 0 bridgehead atoms. The van der Waals surface area contributed by atoms with Crippen molar-refractivity contribution < 1.29 is 27.1 Å². The van der Waals surface area contributed by atoms with Crippen molar-refractivity contribution in [1.29, 1.82) is 0 Å². The van der Waals surface area contributed by atoms with Crippen LogP contribution in [0.2, 0.25) is 0 Å². The zero-order valence-electron chi connectivity index (χ0n) is 13.9. The van der Waals surface area contributed by atoms with Crippen LogP contribution < -0.4 is 5.32 Å². The number of halogens is 3. The van der Waals surface area contributed by atoms with Gasteiger partial charge in [-0.15, -0.1) is 0 Å². The first-order valence-electron chi connectivity index (χ1n) is 7.74. The monoisotopic (exact) mass is 357 g/mol. The molecule has 0 aromatic carbocycles. The summed E-state index contributed by atoms with van der Waals surface area (Å²) in [6, 6.07) is 0.590. The average Bonchev–Trinajstić information content (AvgIpc) is 3.12. The van der Waals surface area contributed by atoms with Crippen molar-refractivity contribution in [2.45, 2.75) is 51.1 Å². The lowest BCUT2D eigenvalue weighted by Gasteiger charge is -2.32. The number of furan rings is 1. The molecule has 6 nitrogen and oxygen atoms in total. The summed E-state index contributed by atoms with van der Waals surface area (Å²) in [6.07, 6.45) is -2.32. The molecule has 0 saturated carbocycles. The summed E-state index contributed by atoms with van der Waals surface area (Å²) < 4.78 is 51.7. The maximum Gasteiger partial charge on any atom is 0.410 e. The van der Waals surface area contributed by atoms with E-state index in [0.29, 0.717) is 5.76 Å². The lowest BCUT2D eigenvalue weighted by Crippen LogP contribution is -2.36. The highest BCUT2D eigenvalue weighted by Gasteiger charge is 2.48. The quantitative estimate of drug-likeness (QED) is 0.820. The van der Waals surface area contributed by atoms with Gasteiger partial charge in [0, 0.05) is 6.42 Å². The average molecular weight is 357 g/mol. The number of nitrogens with zero attached hydrogens (tertiary/aromatic N) is 2. The van der Waals surface area contributed by atoms with Crippen molar-refractivity contribution in [2.75, 3.05) is 5.32 Å². The van der Waals surface area contributed by atoms with Crippen LogP contribution >= 0.6 is 0 Å². The lowest BCUT2D eigenvalue weighted by molar-refractivity contribution is -0.174. The number of hydrogen-bond acceptors (Lipinski definition) is 5. The predicted molar refractivity (Wildman–Crippen MR) is 82.2 cm³/mol. The molecule has 0 fully saturated rings. The Balaban J connectivity index is 2.00. The second-order valence-corrected chi connectivity index (χ2v) is 6.86. The Morgan fingerprint density at radius 3 is 2.68 bits per heavy atom. The molecule has 136 valence electrons. The third-order valence-corrected chi connectivity index (χ3v) is 3.74. The molecule has 1 aliphatic heterocycles. The minimum atomic E-state index is -4.51. The smallest absolute Gasteiger partial charge is 0.410 e. The van der Waals surface area contributed by atoms with Gasteiger partial charge in [-0.25, -0.2) is 9.48 Å². The number of rotatable bonds is 2. The van der Waals surface area contributed by atoms with Gasteiger partial charge < -0.3 is 14.5 Å². The van der Waals surface area contributed by atoms with Crippen LogP contribution in [0.4, 0.5) is 19.0 Å². The number of anilines is 1. The van der Waals surface area contributed by atoms with Crippen molar-refractivity contribution in [3.8, 4) is 0 Å². The molecule has 0 spiro atoms. The van der Waals surface area contributed by atoms with Crippen molar-refractivity contribution in [2.24, 2.45) is 0 Å². The van der Waals surface area contributed by atoms with Gasteiger partial charge in [0.05, 0.1) is 18.5 Å². The Hall–Kier alpha value is -2.45. The first kappa shape index (κ1) is 17.4. The SMILES string of the molecule is CC(C)(C)OC(=O)c1cnn2c1NC(c1ccco1)CC2C(F)(F)F. The van der Waals surface area contributed by atoms with Crippen LogP contribution in [0, 0.1) is 0 Å². The van der Waals surface area contributed by atoms with Crippen LogP contribution in [-0.4, -0.2) is 27.5 Å². The standard InChI is InChI=1S/C16H18F3N3O3/c1-15(2,3)25-14(23)9-8-20-22-12(16(17,18)19)7-10(21-13(9)22)11-5-4-6-24-11/h4-6,8,10,12,21H,7H2,1-3H3. The number of carbonyl (C=O) groups is 1. The van der Waals surface area contributed by atoms with E-state index in [2.05, 4.69) is 10.4 Å². The molecule has 2 aromatic rings. The third kappa shape index (κ3) is 3.49. The van der Waals surface area contributed by atoms with Crippen LogP contribution in [0.15, 0.2) is 29.0 Å². The summed E-state index contributed by atoms with van der Waals surface area (Å²) in [5.74, 6) is -0.400. The molecule has 2 atom stereocenters. The fraction of sp³-hybridized carbons (Fsp3) is 0.500. The minimum Gasteiger partial charge on any atom is -0.467 e. The topological polar surface area (TPSA) is 69.3 Å². The van der Waals surface area contributed by atoms with Crippen LogP contribution in [0.3, 0.4) is 0 Å². The molecular formula is C16H18F3N3O3. The fourth-order valence-corrected chi connectivity index (χ4v) is 2.72. The van der Waals surface area contributed by atoms with Crippen LogP contribution in [0.25, 0.3) is 0 Å². The minimum absolute atomic E-state index is 0.0239. The summed E-state index contributed by atoms with van der Waals surface area (Å²) in [5.41, 5.74) is -0.815. The van der Waals surface area contributed by atoms with Crippen LogP contribution in [0.5, 0.6) is 0 Å². The van der Waals surface area contributed by atoms with Gasteiger partial charge in [-0.05, 0) is 32.9 Å². The van der Waals surface area contributed by atoms with Gasteiger partial charge in [0.1, 0.15) is 22.7 Å². The fourth-order valence-electron chi connectivity index (χ4n) is 2.72. The van der Waals surface area contributed by atoms with E-state index < -0.39 is 29.8 Å². The molecule has 9 heteroatoms. The van der Waals surface area contributed by atoms with E-state index in [4.69, 9.17) is 9.15 Å². The summed E-state index contributed by atoms with van der Waals surface area (Å²) in [4.78, 5) is 12.3. The van der Waals surface area contributed by atoms with Gasteiger partial charge in [-0.2, -0.15) is 18.3 Å². The van der Waals surface area contributed by atoms with Gasteiger partial charge in [0.15, 0.2) is 6.04 Å². The molecule has 3 heterocycles. The Labute approximate surface area is 141 Å². The Kier molecular flexibility index (Phi) is 4.04. The lowest BCUT2D eigenvalue weighted by atomic mass is 10.0. The summed E-state index contributed by atoms with van der Waals surface area (Å²) in [5, 5.41) is 6.70. The molecular weight excluding hydrogens is 339 g/mol. The van der Waals surface area contributed by atoms with E-state index in [0.717, 1.165) is 10.9 Å². The second-order valence-electron chi connectivity index (χ2n) is 6.86. The number of aromatic nitrogens is 2. The molecule has 2 unspecified atom stereocenters. The van der Waals surface area contributed by atoms with Gasteiger partial charge in [0.2, 0.25) is 0 Å². The number of fused-ring (bicyclic) bond motifs is 1. The largest absolute Gasteiger partial charge is 0.467 e. The summed E-state index contributed by atoms with van der Waals surface area (Å²) in [7, 11) is 0. The van der Waals surface area contributed by atoms with Crippen molar-refractivity contribution in [1.82, 2.24) is 9.78 Å². The molecule has 25 heavy (non-hydrogen) atoms. The number of esters is 1. The van der Waals surface area contributed by atoms with Crippen LogP contribution in [0.1, 0.15) is 55.4 Å². The number of hydrogen-bond donors (Lipinski definition) is 1. The Morgan fingerprint density at radius 1 is 1.40 bits per heavy atom. The third-order valence-electron chi connectivity index (χ3n) is 3.74. The van der Waals surface area contributed by atoms with E-state index in [1.807, 2.05) is 0 Å². The second kappa shape index (κ2) is 5.82. The highest BCUT2D eigenvalue weighted by molar-refractivity contribution is 5.95. The van der Waals surface area contributed by atoms with E-state index in [-0.39, 0.29) is 17.8 Å². The van der Waals surface area contributed by atoms with Crippen molar-refractivity contribution in [3.63, 3.8) is 0 Å². The zero-order chi connectivity index (χ0) is 18.4. The maximum absolute atomic E-state index is 13.5. The first-order valence-corrected chi connectivity index (χ1v) is 7.74. The molecule has 1 aliphatic rings. The van der Waals surface area contributed by atoms with Gasteiger partial charge in [-0.1, -0.05) is 0 Å². The van der Waals surface area contributed by atoms with E-state index in [9.17, 15) is 18.0 Å². The molecule has 3 rings (SSSR count). The Morgan fingerprint density at radius 2 is 2.12 bits per heavy atom. The number of carbonyl (C=O) groups excluding carboxylic acids is 1. The van der Waals surface area contributed by atoms with E-state index in [1.165, 1.54) is 6.26 Å². The normalized spacial score (nSPS) is 20.7. The van der Waals surface area contributed by atoms with Gasteiger partial charge in [0.25, 0.3) is 0 Å². The highest BCUT2D eigenvalue weighted by Crippen LogP contribution is 2.44. The maximum atomic E-state index is 13.5. The van der Waals surface area contributed by atoms with Crippen molar-refractivity contribution >= 4 is 11.8 Å². The molecule has 0 amide bonds. The molecule has 0 radical (unpaired) electrons. The first-order chi connectivity index (χ1) is 11.6. The summed E-state index contributed by atoms with van der Waals surface area (Å²) >= 11 is 0. The van der Waals surface area contributed by atoms with Crippen molar-refractivity contribution in [3.05, 3.63) is 35.9 Å². The molecule has 0 saturated heterocycles. The number of alkyl halides is 3. The molecule has 1 N–H and O–H groups in total. The van der Waals surface area contributed by atoms with Gasteiger partial charge in [-0.3, -0.25) is 0 Å². The number of nitrogens with one attached hydrogen (secondary N) is 1. The molecule has 2 aromatic heterocycles. The zero-order valence-corrected chi connectivity index (χ0v) is 13.9. The van der Waals surface area contributed by atoms with E-state index in [1.54, 1.807) is 32.9 Å². The Bertz CT molecular complexity index is 760.